The van der Waals surface area contributed by atoms with Gasteiger partial charge in [-0.05, 0) is 77.0 Å². The molecule has 0 bridgehead atoms. The van der Waals surface area contributed by atoms with Crippen molar-refractivity contribution in [1.82, 2.24) is 0 Å². The summed E-state index contributed by atoms with van der Waals surface area (Å²) in [6, 6.07) is 0. The van der Waals surface area contributed by atoms with Crippen molar-refractivity contribution in [3.63, 3.8) is 0 Å². The predicted octanol–water partition coefficient (Wildman–Crippen LogP) is 9.33. The fraction of sp³-hybridized carbons (Fsp3) is 0.750. The third-order valence-corrected chi connectivity index (χ3v) is 11.6. The first kappa shape index (κ1) is 57.6. The van der Waals surface area contributed by atoms with Crippen LogP contribution in [-0.2, 0) is 32.7 Å². The molecule has 14 heteroatoms. The van der Waals surface area contributed by atoms with Crippen LogP contribution in [0.3, 0.4) is 0 Å². The highest BCUT2D eigenvalue weighted by Gasteiger charge is 2.51. The summed E-state index contributed by atoms with van der Waals surface area (Å²) >= 11 is 0. The molecular formula is C48H83O13P. The van der Waals surface area contributed by atoms with Crippen LogP contribution in [0.2, 0.25) is 0 Å². The number of carbonyl (C=O) groups is 2. The van der Waals surface area contributed by atoms with Gasteiger partial charge in [-0.3, -0.25) is 18.6 Å². The van der Waals surface area contributed by atoms with Crippen molar-refractivity contribution in [3.8, 4) is 0 Å². The largest absolute Gasteiger partial charge is 0.472 e. The molecule has 13 nitrogen and oxygen atoms in total. The molecule has 358 valence electrons. The summed E-state index contributed by atoms with van der Waals surface area (Å²) in [5.74, 6) is -1.13. The molecular weight excluding hydrogens is 815 g/mol. The van der Waals surface area contributed by atoms with Gasteiger partial charge in [-0.2, -0.15) is 0 Å². The van der Waals surface area contributed by atoms with E-state index in [9.17, 15) is 44.6 Å². The third-order valence-electron chi connectivity index (χ3n) is 10.6. The zero-order valence-corrected chi connectivity index (χ0v) is 38.8. The van der Waals surface area contributed by atoms with E-state index in [1.54, 1.807) is 0 Å². The van der Waals surface area contributed by atoms with E-state index >= 15 is 0 Å². The van der Waals surface area contributed by atoms with Gasteiger partial charge in [0, 0.05) is 12.8 Å². The van der Waals surface area contributed by atoms with E-state index in [0.29, 0.717) is 12.8 Å². The third kappa shape index (κ3) is 29.8. The molecule has 1 saturated carbocycles. The summed E-state index contributed by atoms with van der Waals surface area (Å²) in [6.45, 7) is 3.15. The molecule has 6 N–H and O–H groups in total. The lowest BCUT2D eigenvalue weighted by molar-refractivity contribution is -0.220. The molecule has 62 heavy (non-hydrogen) atoms. The molecule has 0 radical (unpaired) electrons. The Labute approximate surface area is 373 Å². The zero-order valence-electron chi connectivity index (χ0n) is 37.9. The minimum Gasteiger partial charge on any atom is -0.462 e. The Bertz CT molecular complexity index is 1320. The van der Waals surface area contributed by atoms with Crippen molar-refractivity contribution in [3.05, 3.63) is 60.8 Å². The van der Waals surface area contributed by atoms with Gasteiger partial charge in [0.2, 0.25) is 0 Å². The van der Waals surface area contributed by atoms with Crippen LogP contribution in [0.5, 0.6) is 0 Å². The summed E-state index contributed by atoms with van der Waals surface area (Å²) < 4.78 is 33.5. The van der Waals surface area contributed by atoms with Crippen molar-refractivity contribution < 1.29 is 63.1 Å². The highest BCUT2D eigenvalue weighted by molar-refractivity contribution is 7.47. The second-order valence-corrected chi connectivity index (χ2v) is 17.6. The predicted molar refractivity (Wildman–Crippen MR) is 244 cm³/mol. The number of phosphoric ester groups is 1. The van der Waals surface area contributed by atoms with Gasteiger partial charge in [-0.25, -0.2) is 4.57 Å². The number of ether oxygens (including phenoxy) is 2. The Balaban J connectivity index is 2.46. The fourth-order valence-corrected chi connectivity index (χ4v) is 7.77. The number of phosphoric acid groups is 1. The number of rotatable bonds is 38. The summed E-state index contributed by atoms with van der Waals surface area (Å²) in [5, 5.41) is 50.2. The van der Waals surface area contributed by atoms with Crippen LogP contribution in [-0.4, -0.2) is 98.3 Å². The fourth-order valence-electron chi connectivity index (χ4n) is 6.80. The maximum absolute atomic E-state index is 12.8. The van der Waals surface area contributed by atoms with Gasteiger partial charge in [0.25, 0.3) is 0 Å². The van der Waals surface area contributed by atoms with Crippen molar-refractivity contribution in [1.29, 1.82) is 0 Å². The van der Waals surface area contributed by atoms with E-state index < -0.39 is 75.7 Å². The number of hydrogen-bond acceptors (Lipinski definition) is 12. The monoisotopic (exact) mass is 899 g/mol. The molecule has 0 aromatic carbocycles. The van der Waals surface area contributed by atoms with Crippen LogP contribution in [0, 0.1) is 0 Å². The topological polar surface area (TPSA) is 210 Å². The van der Waals surface area contributed by atoms with E-state index in [-0.39, 0.29) is 12.8 Å². The Morgan fingerprint density at radius 1 is 0.516 bits per heavy atom. The molecule has 0 amide bonds. The lowest BCUT2D eigenvalue weighted by atomic mass is 9.85. The lowest BCUT2D eigenvalue weighted by Crippen LogP contribution is -2.64. The Morgan fingerprint density at radius 2 is 0.919 bits per heavy atom. The van der Waals surface area contributed by atoms with Crippen LogP contribution in [0.4, 0.5) is 0 Å². The minimum atomic E-state index is -5.13. The number of allylic oxidation sites excluding steroid dienone is 10. The average Bonchev–Trinajstić information content (AvgIpc) is 3.25. The van der Waals surface area contributed by atoms with E-state index in [1.807, 2.05) is 0 Å². The Morgan fingerprint density at radius 3 is 1.40 bits per heavy atom. The average molecular weight is 899 g/mol. The number of aliphatic hydroxyl groups is 5. The Kier molecular flexibility index (Phi) is 35.2. The number of unbranched alkanes of at least 4 members (excludes halogenated alkanes) is 16. The van der Waals surface area contributed by atoms with E-state index in [4.69, 9.17) is 18.5 Å². The van der Waals surface area contributed by atoms with E-state index in [2.05, 4.69) is 74.6 Å². The first-order valence-corrected chi connectivity index (χ1v) is 25.1. The van der Waals surface area contributed by atoms with E-state index in [1.165, 1.54) is 32.1 Å². The molecule has 1 aliphatic rings. The molecule has 0 aliphatic heterocycles. The van der Waals surface area contributed by atoms with E-state index in [0.717, 1.165) is 103 Å². The SMILES string of the molecule is CC/C=C\C/C=C\C/C=C\CCCCCCCC(=O)OC(COC(=O)CCCCCCCCC/C=C\C/C=C\CCCCCC)COP(=O)(O)OC1C(O)C(O)C(O)C(O)C1O. The van der Waals surface area contributed by atoms with Crippen LogP contribution in [0.15, 0.2) is 60.8 Å². The van der Waals surface area contributed by atoms with Gasteiger partial charge in [-0.15, -0.1) is 0 Å². The molecule has 1 fully saturated rings. The zero-order chi connectivity index (χ0) is 45.7. The van der Waals surface area contributed by atoms with Crippen LogP contribution >= 0.6 is 7.82 Å². The Hall–Kier alpha value is -2.45. The highest BCUT2D eigenvalue weighted by atomic mass is 31.2. The number of esters is 2. The first-order valence-electron chi connectivity index (χ1n) is 23.6. The summed E-state index contributed by atoms with van der Waals surface area (Å²) in [5.41, 5.74) is 0. The van der Waals surface area contributed by atoms with Gasteiger partial charge in [-0.1, -0.05) is 145 Å². The molecule has 1 aliphatic carbocycles. The molecule has 0 saturated heterocycles. The minimum absolute atomic E-state index is 0.0730. The smallest absolute Gasteiger partial charge is 0.462 e. The number of carbonyl (C=O) groups excluding carboxylic acids is 2. The van der Waals surface area contributed by atoms with Gasteiger partial charge >= 0.3 is 19.8 Å². The number of aliphatic hydroxyl groups excluding tert-OH is 5. The second-order valence-electron chi connectivity index (χ2n) is 16.2. The molecule has 6 unspecified atom stereocenters. The summed E-state index contributed by atoms with van der Waals surface area (Å²) in [7, 11) is -5.13. The van der Waals surface area contributed by atoms with Gasteiger partial charge < -0.3 is 39.9 Å². The van der Waals surface area contributed by atoms with Crippen LogP contribution in [0.25, 0.3) is 0 Å². The highest BCUT2D eigenvalue weighted by Crippen LogP contribution is 2.47. The lowest BCUT2D eigenvalue weighted by Gasteiger charge is -2.41. The standard InChI is InChI=1S/C48H83O13P/c1-3-5-7-9-11-13-15-17-19-20-21-23-24-26-28-30-32-34-36-41(49)58-38-40(39-59-62(56,57)61-48-46(54)44(52)43(51)45(53)47(48)55)60-42(50)37-35-33-31-29-27-25-22-18-16-14-12-10-8-6-4-2/h6,8,12-15,18-20,22,40,43-48,51-55H,3-5,7,9-11,16-17,21,23-39H2,1-2H3,(H,56,57)/b8-6-,14-12-,15-13-,20-19-,22-18-. The van der Waals surface area contributed by atoms with Gasteiger partial charge in [0.15, 0.2) is 6.10 Å². The molecule has 0 aromatic rings. The normalized spacial score (nSPS) is 22.4. The van der Waals surface area contributed by atoms with Gasteiger partial charge in [0.1, 0.15) is 43.2 Å². The van der Waals surface area contributed by atoms with Gasteiger partial charge in [0.05, 0.1) is 6.61 Å². The summed E-state index contributed by atoms with van der Waals surface area (Å²) in [6.07, 6.45) is 32.7. The van der Waals surface area contributed by atoms with Crippen molar-refractivity contribution in [2.75, 3.05) is 13.2 Å². The number of hydrogen-bond donors (Lipinski definition) is 6. The second kappa shape index (κ2) is 37.9. The maximum Gasteiger partial charge on any atom is 0.472 e. The maximum atomic E-state index is 12.8. The molecule has 1 rings (SSSR count). The van der Waals surface area contributed by atoms with Crippen LogP contribution in [0.1, 0.15) is 174 Å². The first-order chi connectivity index (χ1) is 29.9. The van der Waals surface area contributed by atoms with Crippen molar-refractivity contribution >= 4 is 19.8 Å². The summed E-state index contributed by atoms with van der Waals surface area (Å²) in [4.78, 5) is 35.7. The van der Waals surface area contributed by atoms with Crippen LogP contribution < -0.4 is 0 Å². The van der Waals surface area contributed by atoms with Crippen molar-refractivity contribution in [2.24, 2.45) is 0 Å². The molecule has 0 spiro atoms. The quantitative estimate of drug-likeness (QED) is 0.0148. The van der Waals surface area contributed by atoms with Crippen molar-refractivity contribution in [2.45, 2.75) is 217 Å². The molecule has 0 heterocycles. The molecule has 6 atom stereocenters. The molecule has 0 aromatic heterocycles.